The van der Waals surface area contributed by atoms with Gasteiger partial charge in [-0.15, -0.1) is 0 Å². The fourth-order valence-corrected chi connectivity index (χ4v) is 7.84. The van der Waals surface area contributed by atoms with Crippen molar-refractivity contribution >= 4 is 47.5 Å². The maximum Gasteiger partial charge on any atom is 0.334 e. The summed E-state index contributed by atoms with van der Waals surface area (Å²) in [4.78, 5) is 64.8. The number of methoxy groups -OCH3 is 3. The van der Waals surface area contributed by atoms with Crippen LogP contribution < -0.4 is 16.0 Å². The molecule has 0 spiro atoms. The van der Waals surface area contributed by atoms with Crippen LogP contribution in [-0.2, 0) is 39.8 Å². The van der Waals surface area contributed by atoms with Crippen molar-refractivity contribution in [1.82, 2.24) is 10.3 Å². The molecule has 12 heteroatoms. The second kappa shape index (κ2) is 13.7. The highest BCUT2D eigenvalue weighted by molar-refractivity contribution is 6.22. The van der Waals surface area contributed by atoms with Gasteiger partial charge < -0.3 is 29.6 Å². The van der Waals surface area contributed by atoms with Crippen molar-refractivity contribution in [3.05, 3.63) is 104 Å². The first-order valence-corrected chi connectivity index (χ1v) is 17.0. The van der Waals surface area contributed by atoms with E-state index in [9.17, 15) is 24.3 Å². The molecule has 0 fully saturated rings. The fourth-order valence-electron chi connectivity index (χ4n) is 7.84. The summed E-state index contributed by atoms with van der Waals surface area (Å²) >= 11 is 0. The fraction of sp³-hybridized carbons (Fsp3) is 0.350. The molecule has 3 N–H and O–H groups in total. The van der Waals surface area contributed by atoms with Crippen LogP contribution in [0.3, 0.4) is 0 Å². The van der Waals surface area contributed by atoms with E-state index in [1.807, 2.05) is 39.0 Å². The number of carboxylic acids is 1. The highest BCUT2D eigenvalue weighted by Gasteiger charge is 2.55. The Balaban J connectivity index is 1.69. The van der Waals surface area contributed by atoms with Gasteiger partial charge in [0.25, 0.3) is 0 Å². The van der Waals surface area contributed by atoms with E-state index in [4.69, 9.17) is 24.2 Å². The van der Waals surface area contributed by atoms with Crippen LogP contribution in [0.2, 0.25) is 0 Å². The first-order valence-electron chi connectivity index (χ1n) is 17.0. The number of H-pyrrole nitrogens is 1. The van der Waals surface area contributed by atoms with E-state index in [1.165, 1.54) is 21.3 Å². The molecule has 0 saturated heterocycles. The van der Waals surface area contributed by atoms with E-state index >= 15 is 0 Å². The number of hydrogen-bond donors (Lipinski definition) is 3. The average Bonchev–Trinajstić information content (AvgIpc) is 3.77. The average molecular weight is 707 g/mol. The van der Waals surface area contributed by atoms with E-state index < -0.39 is 29.2 Å². The SMILES string of the molecule is C=CC1=C(C)C2=NC/1=C\C1NC(=C(CCC(=O)OC)C1C)/C=c1\[nH]/c(c(C)c1CC(=O)O)=C\C1=NC(=C\2)/C2=CC=C(C(=O)OC)[C@@H](C(=O)OC)[C@]21C. The molecule has 270 valence electrons. The van der Waals surface area contributed by atoms with Crippen LogP contribution in [0, 0.1) is 24.2 Å². The summed E-state index contributed by atoms with van der Waals surface area (Å²) in [7, 11) is 3.88. The number of carboxylic acid groups (broad SMARTS) is 1. The zero-order valence-corrected chi connectivity index (χ0v) is 30.3. The highest BCUT2D eigenvalue weighted by atomic mass is 16.5. The largest absolute Gasteiger partial charge is 0.481 e. The minimum Gasteiger partial charge on any atom is -0.481 e. The third kappa shape index (κ3) is 5.91. The van der Waals surface area contributed by atoms with Crippen molar-refractivity contribution in [3.63, 3.8) is 0 Å². The van der Waals surface area contributed by atoms with Crippen LogP contribution in [0.25, 0.3) is 12.2 Å². The van der Waals surface area contributed by atoms with Crippen LogP contribution in [-0.4, -0.2) is 72.8 Å². The van der Waals surface area contributed by atoms with Gasteiger partial charge >= 0.3 is 23.9 Å². The Labute approximate surface area is 301 Å². The summed E-state index contributed by atoms with van der Waals surface area (Å²) in [5, 5.41) is 14.8. The van der Waals surface area contributed by atoms with E-state index in [2.05, 4.69) is 23.8 Å². The van der Waals surface area contributed by atoms with Gasteiger partial charge in [0.15, 0.2) is 0 Å². The molecule has 4 aliphatic heterocycles. The van der Waals surface area contributed by atoms with Gasteiger partial charge in [0.2, 0.25) is 0 Å². The Bertz CT molecular complexity index is 2220. The Morgan fingerprint density at radius 3 is 2.40 bits per heavy atom. The number of aromatic amines is 1. The zero-order valence-electron chi connectivity index (χ0n) is 30.3. The summed E-state index contributed by atoms with van der Waals surface area (Å²) in [6, 6.07) is -0.214. The zero-order chi connectivity index (χ0) is 37.6. The lowest BCUT2D eigenvalue weighted by atomic mass is 9.63. The third-order valence-electron chi connectivity index (χ3n) is 10.8. The molecule has 0 aromatic carbocycles. The van der Waals surface area contributed by atoms with Crippen molar-refractivity contribution in [3.8, 4) is 0 Å². The molecule has 1 aliphatic carbocycles. The standard InChI is InChI=1S/C40H42N4O8/c1-9-22-19(2)28-16-33-26-12-10-24(38(48)51-7)37(39(49)52-8)40(26,5)34(44-33)18-29-21(4)25(14-35(45)46)32(43-29)17-31-23(11-13-36(47)50-6)20(3)27(42-31)15-30(22)41-28/h9-10,12,15-18,20,27,37,42-43H,1,11,13-14H2,2-8H3,(H,45,46)/b29-18-,30-15-,32-17-,33-16-/t20?,27?,37-,40+/m0/s1. The summed E-state index contributed by atoms with van der Waals surface area (Å²) in [6.45, 7) is 11.8. The lowest BCUT2D eigenvalue weighted by Crippen LogP contribution is -2.44. The molecule has 4 atom stereocenters. The molecular formula is C40H42N4O8. The number of fused-ring (bicyclic) bond motifs is 9. The Morgan fingerprint density at radius 1 is 1.00 bits per heavy atom. The molecule has 0 amide bonds. The second-order valence-electron chi connectivity index (χ2n) is 13.6. The van der Waals surface area contributed by atoms with Crippen molar-refractivity contribution in [1.29, 1.82) is 0 Å². The number of nitrogens with zero attached hydrogens (tertiary/aromatic N) is 2. The summed E-state index contributed by atoms with van der Waals surface area (Å²) in [5.41, 5.74) is 6.68. The van der Waals surface area contributed by atoms with Crippen LogP contribution in [0.5, 0.6) is 0 Å². The predicted molar refractivity (Wildman–Crippen MR) is 195 cm³/mol. The van der Waals surface area contributed by atoms with Crippen molar-refractivity contribution < 1.29 is 38.5 Å². The number of hydrogen-bond acceptors (Lipinski definition) is 10. The number of aromatic nitrogens is 1. The molecule has 12 nitrogen and oxygen atoms in total. The predicted octanol–water partition coefficient (Wildman–Crippen LogP) is 3.35. The van der Waals surface area contributed by atoms with Gasteiger partial charge in [-0.05, 0) is 79.3 Å². The number of nitrogens with one attached hydrogen (secondary N) is 2. The molecule has 0 radical (unpaired) electrons. The number of esters is 3. The van der Waals surface area contributed by atoms with Crippen LogP contribution in [0.1, 0.15) is 44.7 Å². The minimum atomic E-state index is -1.20. The number of aliphatic imine (C=N–C) groups is 2. The van der Waals surface area contributed by atoms with E-state index in [-0.39, 0.29) is 36.3 Å². The molecule has 6 rings (SSSR count). The Hall–Kier alpha value is -5.78. The third-order valence-corrected chi connectivity index (χ3v) is 10.8. The van der Waals surface area contributed by atoms with Gasteiger partial charge in [-0.3, -0.25) is 19.4 Å². The van der Waals surface area contributed by atoms with Gasteiger partial charge in [-0.25, -0.2) is 9.79 Å². The molecule has 5 aliphatic rings. The lowest BCUT2D eigenvalue weighted by molar-refractivity contribution is -0.149. The maximum atomic E-state index is 13.6. The molecule has 0 saturated carbocycles. The van der Waals surface area contributed by atoms with E-state index in [1.54, 1.807) is 24.3 Å². The van der Waals surface area contributed by atoms with Crippen molar-refractivity contribution in [2.45, 2.75) is 53.0 Å². The molecule has 1 aromatic rings. The second-order valence-corrected chi connectivity index (χ2v) is 13.6. The Kier molecular flexibility index (Phi) is 9.52. The molecular weight excluding hydrogens is 664 g/mol. The minimum absolute atomic E-state index is 0.0474. The number of ether oxygens (including phenoxy) is 3. The first-order chi connectivity index (χ1) is 24.8. The van der Waals surface area contributed by atoms with Gasteiger partial charge in [0.1, 0.15) is 5.92 Å². The molecule has 2 unspecified atom stereocenters. The first kappa shape index (κ1) is 36.0. The number of aliphatic carboxylic acids is 1. The molecule has 52 heavy (non-hydrogen) atoms. The van der Waals surface area contributed by atoms with Gasteiger partial charge in [0, 0.05) is 34.3 Å². The van der Waals surface area contributed by atoms with Gasteiger partial charge in [-0.1, -0.05) is 31.7 Å². The van der Waals surface area contributed by atoms with Crippen molar-refractivity contribution in [2.24, 2.45) is 27.2 Å². The smallest absolute Gasteiger partial charge is 0.334 e. The van der Waals surface area contributed by atoms with E-state index in [0.717, 1.165) is 22.4 Å². The number of carbonyl (C=O) groups excluding carboxylic acids is 3. The van der Waals surface area contributed by atoms with Crippen LogP contribution >= 0.6 is 0 Å². The lowest BCUT2D eigenvalue weighted by Gasteiger charge is -2.37. The topological polar surface area (TPSA) is 169 Å². The number of carbonyl (C=O) groups is 4. The van der Waals surface area contributed by atoms with E-state index in [0.29, 0.717) is 56.6 Å². The summed E-state index contributed by atoms with van der Waals surface area (Å²) in [5.74, 6) is -3.81. The van der Waals surface area contributed by atoms with Crippen molar-refractivity contribution in [2.75, 3.05) is 21.3 Å². The molecule has 8 bridgehead atoms. The quantitative estimate of drug-likeness (QED) is 0.271. The molecule has 5 heterocycles. The van der Waals surface area contributed by atoms with Crippen LogP contribution in [0.15, 0.2) is 91.9 Å². The summed E-state index contributed by atoms with van der Waals surface area (Å²) < 4.78 is 15.3. The summed E-state index contributed by atoms with van der Waals surface area (Å²) in [6.07, 6.45) is 13.1. The molecule has 1 aromatic heterocycles. The van der Waals surface area contributed by atoms with Crippen LogP contribution in [0.4, 0.5) is 0 Å². The van der Waals surface area contributed by atoms with Gasteiger partial charge in [-0.2, -0.15) is 0 Å². The highest BCUT2D eigenvalue weighted by Crippen LogP contribution is 2.52. The Morgan fingerprint density at radius 2 is 1.75 bits per heavy atom. The van der Waals surface area contributed by atoms with Gasteiger partial charge in [0.05, 0.1) is 67.6 Å². The maximum absolute atomic E-state index is 13.6. The number of rotatable bonds is 8. The monoisotopic (exact) mass is 706 g/mol. The number of allylic oxidation sites excluding steroid dienone is 7. The normalized spacial score (nSPS) is 27.8.